The SMILES string of the molecule is Cc1cnc(N(C)C(C)C)c(Br)c1. The van der Waals surface area contributed by atoms with E-state index in [4.69, 9.17) is 0 Å². The van der Waals surface area contributed by atoms with E-state index < -0.39 is 0 Å². The Morgan fingerprint density at radius 1 is 1.46 bits per heavy atom. The van der Waals surface area contributed by atoms with Crippen LogP contribution < -0.4 is 4.90 Å². The molecule has 72 valence electrons. The molecule has 0 atom stereocenters. The smallest absolute Gasteiger partial charge is 0.142 e. The van der Waals surface area contributed by atoms with Crippen LogP contribution in [0.4, 0.5) is 5.82 Å². The normalized spacial score (nSPS) is 10.6. The number of aromatic nitrogens is 1. The Balaban J connectivity index is 3.01. The Morgan fingerprint density at radius 3 is 2.54 bits per heavy atom. The van der Waals surface area contributed by atoms with Crippen LogP contribution in [0.1, 0.15) is 19.4 Å². The van der Waals surface area contributed by atoms with Crippen molar-refractivity contribution in [3.63, 3.8) is 0 Å². The lowest BCUT2D eigenvalue weighted by atomic mass is 10.3. The van der Waals surface area contributed by atoms with Crippen LogP contribution in [0, 0.1) is 6.92 Å². The van der Waals surface area contributed by atoms with E-state index in [0.29, 0.717) is 6.04 Å². The largest absolute Gasteiger partial charge is 0.356 e. The average Bonchev–Trinajstić information content (AvgIpc) is 2.03. The van der Waals surface area contributed by atoms with Gasteiger partial charge in [-0.2, -0.15) is 0 Å². The highest BCUT2D eigenvalue weighted by molar-refractivity contribution is 9.10. The highest BCUT2D eigenvalue weighted by atomic mass is 79.9. The second kappa shape index (κ2) is 4.09. The lowest BCUT2D eigenvalue weighted by Crippen LogP contribution is -2.26. The summed E-state index contributed by atoms with van der Waals surface area (Å²) in [4.78, 5) is 6.52. The van der Waals surface area contributed by atoms with Crippen LogP contribution in [0.3, 0.4) is 0 Å². The van der Waals surface area contributed by atoms with Gasteiger partial charge >= 0.3 is 0 Å². The van der Waals surface area contributed by atoms with Crippen molar-refractivity contribution in [1.82, 2.24) is 4.98 Å². The second-order valence-corrected chi connectivity index (χ2v) is 4.38. The van der Waals surface area contributed by atoms with Gasteiger partial charge < -0.3 is 4.90 Å². The lowest BCUT2D eigenvalue weighted by Gasteiger charge is -2.23. The van der Waals surface area contributed by atoms with E-state index in [-0.39, 0.29) is 0 Å². The first-order valence-electron chi connectivity index (χ1n) is 4.37. The Kier molecular flexibility index (Phi) is 3.31. The summed E-state index contributed by atoms with van der Waals surface area (Å²) in [5.74, 6) is 1.00. The molecule has 0 N–H and O–H groups in total. The van der Waals surface area contributed by atoms with E-state index in [1.54, 1.807) is 0 Å². The average molecular weight is 243 g/mol. The molecule has 0 saturated heterocycles. The Morgan fingerprint density at radius 2 is 2.08 bits per heavy atom. The summed E-state index contributed by atoms with van der Waals surface area (Å²) in [5.41, 5.74) is 1.17. The number of halogens is 1. The minimum Gasteiger partial charge on any atom is -0.356 e. The van der Waals surface area contributed by atoms with Crippen molar-refractivity contribution in [3.05, 3.63) is 22.3 Å². The lowest BCUT2D eigenvalue weighted by molar-refractivity contribution is 0.741. The maximum atomic E-state index is 4.38. The van der Waals surface area contributed by atoms with Gasteiger partial charge in [0, 0.05) is 19.3 Å². The molecule has 0 spiro atoms. The molecule has 13 heavy (non-hydrogen) atoms. The third-order valence-corrected chi connectivity index (χ3v) is 2.65. The van der Waals surface area contributed by atoms with Crippen molar-refractivity contribution < 1.29 is 0 Å². The van der Waals surface area contributed by atoms with E-state index in [1.165, 1.54) is 5.56 Å². The fraction of sp³-hybridized carbons (Fsp3) is 0.500. The van der Waals surface area contributed by atoms with E-state index in [0.717, 1.165) is 10.3 Å². The maximum Gasteiger partial charge on any atom is 0.142 e. The molecule has 0 aromatic carbocycles. The van der Waals surface area contributed by atoms with Gasteiger partial charge in [-0.1, -0.05) is 0 Å². The monoisotopic (exact) mass is 242 g/mol. The Hall–Kier alpha value is -0.570. The molecule has 1 heterocycles. The van der Waals surface area contributed by atoms with Gasteiger partial charge in [0.15, 0.2) is 0 Å². The van der Waals surface area contributed by atoms with E-state index in [1.807, 2.05) is 20.2 Å². The third-order valence-electron chi connectivity index (χ3n) is 2.07. The highest BCUT2D eigenvalue weighted by Gasteiger charge is 2.09. The first-order valence-corrected chi connectivity index (χ1v) is 5.16. The van der Waals surface area contributed by atoms with Crippen molar-refractivity contribution >= 4 is 21.7 Å². The highest BCUT2D eigenvalue weighted by Crippen LogP contribution is 2.24. The predicted molar refractivity (Wildman–Crippen MR) is 60.2 cm³/mol. The molecule has 2 nitrogen and oxygen atoms in total. The Bertz CT molecular complexity index is 297. The molecule has 0 fully saturated rings. The van der Waals surface area contributed by atoms with Crippen molar-refractivity contribution in [2.75, 3.05) is 11.9 Å². The number of hydrogen-bond acceptors (Lipinski definition) is 2. The molecule has 1 rings (SSSR count). The minimum atomic E-state index is 0.464. The van der Waals surface area contributed by atoms with Gasteiger partial charge in [-0.25, -0.2) is 4.98 Å². The topological polar surface area (TPSA) is 16.1 Å². The van der Waals surface area contributed by atoms with Gasteiger partial charge in [0.25, 0.3) is 0 Å². The second-order valence-electron chi connectivity index (χ2n) is 3.52. The van der Waals surface area contributed by atoms with Gasteiger partial charge in [0.2, 0.25) is 0 Å². The summed E-state index contributed by atoms with van der Waals surface area (Å²) >= 11 is 3.51. The zero-order valence-electron chi connectivity index (χ0n) is 8.50. The molecule has 0 unspecified atom stereocenters. The first kappa shape index (κ1) is 10.5. The van der Waals surface area contributed by atoms with Gasteiger partial charge in [0.05, 0.1) is 4.47 Å². The zero-order chi connectivity index (χ0) is 10.0. The van der Waals surface area contributed by atoms with Crippen LogP contribution >= 0.6 is 15.9 Å². The van der Waals surface area contributed by atoms with Crippen LogP contribution in [0.25, 0.3) is 0 Å². The molecule has 0 amide bonds. The molecule has 0 bridgehead atoms. The first-order chi connectivity index (χ1) is 6.02. The number of aryl methyl sites for hydroxylation is 1. The zero-order valence-corrected chi connectivity index (χ0v) is 10.1. The predicted octanol–water partition coefficient (Wildman–Crippen LogP) is 3.00. The van der Waals surface area contributed by atoms with E-state index in [2.05, 4.69) is 45.7 Å². The number of rotatable bonds is 2. The fourth-order valence-electron chi connectivity index (χ4n) is 1.03. The van der Waals surface area contributed by atoms with Crippen molar-refractivity contribution in [1.29, 1.82) is 0 Å². The molecule has 3 heteroatoms. The van der Waals surface area contributed by atoms with Crippen LogP contribution in [0.2, 0.25) is 0 Å². The van der Waals surface area contributed by atoms with Gasteiger partial charge in [-0.15, -0.1) is 0 Å². The van der Waals surface area contributed by atoms with E-state index >= 15 is 0 Å². The fourth-order valence-corrected chi connectivity index (χ4v) is 1.77. The summed E-state index contributed by atoms with van der Waals surface area (Å²) in [7, 11) is 2.05. The summed E-state index contributed by atoms with van der Waals surface area (Å²) in [6.45, 7) is 6.33. The van der Waals surface area contributed by atoms with Gasteiger partial charge in [-0.3, -0.25) is 0 Å². The summed E-state index contributed by atoms with van der Waals surface area (Å²) in [6.07, 6.45) is 1.89. The number of hydrogen-bond donors (Lipinski definition) is 0. The minimum absolute atomic E-state index is 0.464. The van der Waals surface area contributed by atoms with Crippen molar-refractivity contribution in [2.45, 2.75) is 26.8 Å². The molecule has 1 aromatic rings. The Labute approximate surface area is 88.1 Å². The molecule has 1 aromatic heterocycles. The molecular weight excluding hydrogens is 228 g/mol. The maximum absolute atomic E-state index is 4.38. The molecule has 0 aliphatic rings. The van der Waals surface area contributed by atoms with Crippen LogP contribution in [-0.2, 0) is 0 Å². The standard InChI is InChI=1S/C10H15BrN2/c1-7(2)13(4)10-9(11)5-8(3)6-12-10/h5-7H,1-4H3. The molecule has 0 radical (unpaired) electrons. The van der Waals surface area contributed by atoms with Crippen molar-refractivity contribution in [3.8, 4) is 0 Å². The molecule has 0 saturated carbocycles. The summed E-state index contributed by atoms with van der Waals surface area (Å²) in [5, 5.41) is 0. The summed E-state index contributed by atoms with van der Waals surface area (Å²) in [6, 6.07) is 2.55. The van der Waals surface area contributed by atoms with Gasteiger partial charge in [0.1, 0.15) is 5.82 Å². The number of nitrogens with zero attached hydrogens (tertiary/aromatic N) is 2. The third kappa shape index (κ3) is 2.44. The number of pyridine rings is 1. The molecule has 0 aliphatic heterocycles. The van der Waals surface area contributed by atoms with Crippen LogP contribution in [-0.4, -0.2) is 18.1 Å². The van der Waals surface area contributed by atoms with Gasteiger partial charge in [-0.05, 0) is 48.3 Å². The quantitative estimate of drug-likeness (QED) is 0.793. The molecule has 0 aliphatic carbocycles. The number of anilines is 1. The summed E-state index contributed by atoms with van der Waals surface area (Å²) < 4.78 is 1.06. The van der Waals surface area contributed by atoms with E-state index in [9.17, 15) is 0 Å². The molecular formula is C10H15BrN2. The van der Waals surface area contributed by atoms with Crippen LogP contribution in [0.5, 0.6) is 0 Å². The van der Waals surface area contributed by atoms with Crippen molar-refractivity contribution in [2.24, 2.45) is 0 Å². The van der Waals surface area contributed by atoms with Crippen LogP contribution in [0.15, 0.2) is 16.7 Å².